The van der Waals surface area contributed by atoms with Crippen LogP contribution < -0.4 is 0 Å². The molecule has 0 heterocycles. The average molecular weight is 842 g/mol. The Morgan fingerprint density at radius 2 is 0.182 bits per heavy atom. The quantitative estimate of drug-likeness (QED) is 0.288. The molecule has 0 N–H and O–H groups in total. The van der Waals surface area contributed by atoms with Crippen molar-refractivity contribution in [1.29, 1.82) is 0 Å². The van der Waals surface area contributed by atoms with E-state index >= 15 is 0 Å². The largest absolute Gasteiger partial charge is 2.00 e. The molecule has 76 valence electrons. The fraction of sp³-hybridized carbons (Fsp3) is 0. The summed E-state index contributed by atoms with van der Waals surface area (Å²) in [4.78, 5) is 0. The fourth-order valence-electron chi connectivity index (χ4n) is 0. The summed E-state index contributed by atoms with van der Waals surface area (Å²) in [6.45, 7) is 0. The van der Waals surface area contributed by atoms with Gasteiger partial charge in [0, 0.05) is 93.3 Å². The van der Waals surface area contributed by atoms with Crippen LogP contribution in [0.1, 0.15) is 0 Å². The van der Waals surface area contributed by atoms with Crippen molar-refractivity contribution < 1.29 is 137 Å². The van der Waals surface area contributed by atoms with Crippen molar-refractivity contribution in [2.24, 2.45) is 0 Å². The second kappa shape index (κ2) is 224. The van der Waals surface area contributed by atoms with E-state index in [-0.39, 0.29) is 137 Å². The van der Waals surface area contributed by atoms with Crippen LogP contribution in [0.25, 0.3) is 0 Å². The minimum atomic E-state index is 0. The van der Waals surface area contributed by atoms with E-state index in [2.05, 4.69) is 0 Å². The Balaban J connectivity index is 0. The Bertz CT molecular complexity index is 9.30. The molecule has 0 aliphatic heterocycles. The molecule has 0 saturated carbocycles. The van der Waals surface area contributed by atoms with Crippen molar-refractivity contribution in [2.45, 2.75) is 0 Å². The molecule has 0 atom stereocenters. The van der Waals surface area contributed by atoms with E-state index in [1.54, 1.807) is 0 Å². The SMILES string of the molecule is [O-2].[O-2].[O-2].[O-2].[O-2].[O-2].[O-2].[O-2].[U].[U].[U]. The minimum absolute atomic E-state index is 0. The van der Waals surface area contributed by atoms with Gasteiger partial charge in [-0.2, -0.15) is 0 Å². The van der Waals surface area contributed by atoms with E-state index in [4.69, 9.17) is 0 Å². The Hall–Kier alpha value is 2.84. The molecule has 0 aromatic heterocycles. The molecule has 0 bridgehead atoms. The second-order valence-corrected chi connectivity index (χ2v) is 0. The van der Waals surface area contributed by atoms with Gasteiger partial charge in [0.25, 0.3) is 0 Å². The molecule has 0 aliphatic carbocycles. The molecule has 0 rings (SSSR count). The van der Waals surface area contributed by atoms with Crippen LogP contribution in [-0.4, -0.2) is 0 Å². The molecule has 0 saturated heterocycles. The van der Waals surface area contributed by atoms with Crippen LogP contribution in [0.4, 0.5) is 0 Å². The first-order valence-electron chi connectivity index (χ1n) is 0. The third kappa shape index (κ3) is 187. The molecule has 8 nitrogen and oxygen atoms in total. The van der Waals surface area contributed by atoms with Crippen LogP contribution in [-0.2, 0) is 43.8 Å². The summed E-state index contributed by atoms with van der Waals surface area (Å²) >= 11 is 0. The molecule has 0 spiro atoms. The zero-order valence-corrected chi connectivity index (χ0v) is 17.3. The summed E-state index contributed by atoms with van der Waals surface area (Å²) in [5.74, 6) is 0. The van der Waals surface area contributed by atoms with Gasteiger partial charge in [0.1, 0.15) is 0 Å². The standard InChI is InChI=1S/8O.3U/q8*-2;;;. The summed E-state index contributed by atoms with van der Waals surface area (Å²) in [5.41, 5.74) is 0. The normalized spacial score (nSPS) is 0. The zero-order chi connectivity index (χ0) is 0. The average Bonchev–Trinajstić information content (AvgIpc) is 0. The molecule has 0 amide bonds. The smallest absolute Gasteiger partial charge is 0 e. The minimum Gasteiger partial charge on any atom is -2.00 e. The van der Waals surface area contributed by atoms with Crippen LogP contribution in [0, 0.1) is 93.3 Å². The van der Waals surface area contributed by atoms with E-state index in [1.165, 1.54) is 0 Å². The topological polar surface area (TPSA) is 228 Å². The van der Waals surface area contributed by atoms with E-state index < -0.39 is 0 Å². The zero-order valence-electron chi connectivity index (χ0n) is 4.77. The van der Waals surface area contributed by atoms with Crippen LogP contribution in [0.2, 0.25) is 0 Å². The van der Waals surface area contributed by atoms with Gasteiger partial charge in [0.15, 0.2) is 0 Å². The number of hydrogen-bond donors (Lipinski definition) is 0. The van der Waals surface area contributed by atoms with Crippen LogP contribution in [0.5, 0.6) is 0 Å². The van der Waals surface area contributed by atoms with E-state index in [9.17, 15) is 0 Å². The maximum Gasteiger partial charge on any atom is 0 e. The van der Waals surface area contributed by atoms with Crippen molar-refractivity contribution in [3.63, 3.8) is 0 Å². The summed E-state index contributed by atoms with van der Waals surface area (Å²) < 4.78 is 0. The van der Waals surface area contributed by atoms with E-state index in [0.29, 0.717) is 0 Å². The van der Waals surface area contributed by atoms with Gasteiger partial charge < -0.3 is 43.8 Å². The molecule has 11 heavy (non-hydrogen) atoms. The van der Waals surface area contributed by atoms with Crippen molar-refractivity contribution in [3.05, 3.63) is 0 Å². The first kappa shape index (κ1) is 283. The van der Waals surface area contributed by atoms with Gasteiger partial charge in [-0.15, -0.1) is 0 Å². The van der Waals surface area contributed by atoms with Crippen molar-refractivity contribution in [1.82, 2.24) is 0 Å². The predicted molar refractivity (Wildman–Crippen MR) is 5.49 cm³/mol. The second-order valence-electron chi connectivity index (χ2n) is 0. The maximum atomic E-state index is 0. The van der Waals surface area contributed by atoms with Gasteiger partial charge in [0.2, 0.25) is 0 Å². The van der Waals surface area contributed by atoms with Gasteiger partial charge in [0.05, 0.1) is 0 Å². The van der Waals surface area contributed by atoms with Crippen molar-refractivity contribution >= 4 is 0 Å². The third-order valence-corrected chi connectivity index (χ3v) is 0. The van der Waals surface area contributed by atoms with Crippen molar-refractivity contribution in [3.8, 4) is 0 Å². The Morgan fingerprint density at radius 1 is 0.182 bits per heavy atom. The summed E-state index contributed by atoms with van der Waals surface area (Å²) in [6, 6.07) is 0. The Labute approximate surface area is 135 Å². The van der Waals surface area contributed by atoms with E-state index in [1.807, 2.05) is 0 Å². The maximum absolute atomic E-state index is 0. The molecular formula is O8U3-16. The molecule has 11 heteroatoms. The van der Waals surface area contributed by atoms with Gasteiger partial charge in [-0.05, 0) is 0 Å². The van der Waals surface area contributed by atoms with Gasteiger partial charge in [-0.1, -0.05) is 0 Å². The third-order valence-electron chi connectivity index (χ3n) is 0. The van der Waals surface area contributed by atoms with Gasteiger partial charge >= 0.3 is 0 Å². The van der Waals surface area contributed by atoms with Gasteiger partial charge in [-0.25, -0.2) is 0 Å². The fourth-order valence-corrected chi connectivity index (χ4v) is 0. The first-order valence-corrected chi connectivity index (χ1v) is 0. The summed E-state index contributed by atoms with van der Waals surface area (Å²) in [6.07, 6.45) is 0. The van der Waals surface area contributed by atoms with Crippen molar-refractivity contribution in [2.75, 3.05) is 0 Å². The molecule has 0 aliphatic rings. The molecule has 0 aromatic carbocycles. The summed E-state index contributed by atoms with van der Waals surface area (Å²) in [7, 11) is 0. The Kier molecular flexibility index (Phi) is 5760. The predicted octanol–water partition coefficient (Wildman–Crippen LogP) is -0.950. The monoisotopic (exact) mass is 842 g/mol. The molecule has 0 fully saturated rings. The molecule has 0 unspecified atom stereocenters. The molecular weight excluding hydrogens is 842 g/mol. The number of rotatable bonds is 0. The van der Waals surface area contributed by atoms with Crippen LogP contribution in [0.3, 0.4) is 0 Å². The van der Waals surface area contributed by atoms with E-state index in [0.717, 1.165) is 0 Å². The molecule has 0 radical (unpaired) electrons. The van der Waals surface area contributed by atoms with Gasteiger partial charge in [-0.3, -0.25) is 0 Å². The number of hydrogen-bond acceptors (Lipinski definition) is 0. The first-order chi connectivity index (χ1) is 0. The Morgan fingerprint density at radius 3 is 0.182 bits per heavy atom. The van der Waals surface area contributed by atoms with Crippen LogP contribution >= 0.6 is 0 Å². The molecule has 0 aromatic rings. The van der Waals surface area contributed by atoms with Crippen LogP contribution in [0.15, 0.2) is 0 Å². The summed E-state index contributed by atoms with van der Waals surface area (Å²) in [5, 5.41) is 0.